The Balaban J connectivity index is 1.28. The van der Waals surface area contributed by atoms with Gasteiger partial charge in [-0.2, -0.15) is 0 Å². The number of anilines is 1. The van der Waals surface area contributed by atoms with Crippen molar-refractivity contribution in [3.63, 3.8) is 0 Å². The highest BCUT2D eigenvalue weighted by atomic mass is 32.1. The molecule has 140 valence electrons. The lowest BCUT2D eigenvalue weighted by atomic mass is 9.87. The zero-order valence-corrected chi connectivity index (χ0v) is 16.7. The molecule has 1 aromatic carbocycles. The summed E-state index contributed by atoms with van der Waals surface area (Å²) in [4.78, 5) is 5.56. The highest BCUT2D eigenvalue weighted by Gasteiger charge is 2.39. The first kappa shape index (κ1) is 17.1. The Labute approximate surface area is 162 Å². The molecule has 26 heavy (non-hydrogen) atoms. The predicted molar refractivity (Wildman–Crippen MR) is 113 cm³/mol. The largest absolute Gasteiger partial charge is 0.365 e. The molecule has 1 saturated heterocycles. The number of piperazine rings is 1. The predicted octanol–water partition coefficient (Wildman–Crippen LogP) is 5.77. The van der Waals surface area contributed by atoms with Gasteiger partial charge in [0.2, 0.25) is 0 Å². The zero-order chi connectivity index (χ0) is 17.3. The highest BCUT2D eigenvalue weighted by molar-refractivity contribution is 7.17. The maximum Gasteiger partial charge on any atom is 0.0457 e. The minimum Gasteiger partial charge on any atom is -0.365 e. The summed E-state index contributed by atoms with van der Waals surface area (Å²) in [5.74, 6) is 1.95. The number of fused-ring (bicyclic) bond motifs is 1. The molecule has 3 fully saturated rings. The minimum atomic E-state index is 0.737. The average molecular weight is 369 g/mol. The molecular formula is C23H32N2S. The first-order valence-electron chi connectivity index (χ1n) is 10.8. The van der Waals surface area contributed by atoms with Crippen LogP contribution in [0.3, 0.4) is 0 Å². The summed E-state index contributed by atoms with van der Waals surface area (Å²) in [5.41, 5.74) is 1.49. The summed E-state index contributed by atoms with van der Waals surface area (Å²) in [6.07, 6.45) is 11.7. The fourth-order valence-corrected chi connectivity index (χ4v) is 6.13. The normalized spacial score (nSPS) is 25.8. The van der Waals surface area contributed by atoms with Crippen molar-refractivity contribution in [1.29, 1.82) is 0 Å². The Morgan fingerprint density at radius 2 is 1.85 bits per heavy atom. The third-order valence-corrected chi connectivity index (χ3v) is 7.91. The molecule has 1 atom stereocenters. The number of hydrogen-bond donors (Lipinski definition) is 0. The van der Waals surface area contributed by atoms with Crippen LogP contribution in [0.5, 0.6) is 0 Å². The van der Waals surface area contributed by atoms with Crippen molar-refractivity contribution in [3.05, 3.63) is 29.6 Å². The van der Waals surface area contributed by atoms with E-state index < -0.39 is 0 Å². The Bertz CT molecular complexity index is 729. The van der Waals surface area contributed by atoms with Crippen LogP contribution in [0, 0.1) is 11.8 Å². The summed E-state index contributed by atoms with van der Waals surface area (Å²) >= 11 is 1.88. The molecule has 0 spiro atoms. The molecule has 2 aliphatic carbocycles. The second kappa shape index (κ2) is 7.52. The van der Waals surface area contributed by atoms with Crippen molar-refractivity contribution < 1.29 is 0 Å². The van der Waals surface area contributed by atoms with Gasteiger partial charge in [0.05, 0.1) is 0 Å². The molecule has 1 unspecified atom stereocenters. The lowest BCUT2D eigenvalue weighted by Crippen LogP contribution is -2.54. The molecule has 1 aromatic heterocycles. The number of hydrogen-bond acceptors (Lipinski definition) is 3. The molecule has 2 saturated carbocycles. The third kappa shape index (κ3) is 3.53. The number of nitrogens with zero attached hydrogens (tertiary/aromatic N) is 2. The van der Waals surface area contributed by atoms with E-state index in [-0.39, 0.29) is 0 Å². The maximum atomic E-state index is 2.79. The lowest BCUT2D eigenvalue weighted by molar-refractivity contribution is 0.189. The Morgan fingerprint density at radius 1 is 0.962 bits per heavy atom. The number of benzene rings is 1. The first-order valence-corrected chi connectivity index (χ1v) is 11.7. The van der Waals surface area contributed by atoms with Gasteiger partial charge in [0.15, 0.2) is 0 Å². The number of rotatable bonds is 5. The van der Waals surface area contributed by atoms with E-state index in [9.17, 15) is 0 Å². The van der Waals surface area contributed by atoms with Crippen LogP contribution in [0.1, 0.15) is 51.4 Å². The summed E-state index contributed by atoms with van der Waals surface area (Å²) in [6, 6.07) is 9.96. The first-order chi connectivity index (χ1) is 12.9. The fourth-order valence-electron chi connectivity index (χ4n) is 5.33. The second-order valence-electron chi connectivity index (χ2n) is 8.80. The average Bonchev–Trinajstić information content (AvgIpc) is 3.43. The van der Waals surface area contributed by atoms with E-state index in [1.807, 2.05) is 11.3 Å². The van der Waals surface area contributed by atoms with Crippen molar-refractivity contribution in [2.24, 2.45) is 11.8 Å². The van der Waals surface area contributed by atoms with Gasteiger partial charge in [-0.05, 0) is 61.2 Å². The van der Waals surface area contributed by atoms with Crippen LogP contribution in [0.4, 0.5) is 5.69 Å². The van der Waals surface area contributed by atoms with Crippen LogP contribution in [0.2, 0.25) is 0 Å². The molecule has 5 rings (SSSR count). The molecule has 0 bridgehead atoms. The fraction of sp³-hybridized carbons (Fsp3) is 0.652. The molecule has 2 nitrogen and oxygen atoms in total. The van der Waals surface area contributed by atoms with Crippen LogP contribution >= 0.6 is 11.3 Å². The summed E-state index contributed by atoms with van der Waals surface area (Å²) < 4.78 is 1.44. The van der Waals surface area contributed by atoms with Crippen LogP contribution < -0.4 is 4.90 Å². The summed E-state index contributed by atoms with van der Waals surface area (Å²) in [7, 11) is 0. The second-order valence-corrected chi connectivity index (χ2v) is 9.75. The SMILES string of the molecule is c1cc(N2CCN(CCC3CCCCC3)CC2C2CC2)c2ccsc2c1. The van der Waals surface area contributed by atoms with E-state index in [0.717, 1.165) is 17.9 Å². The van der Waals surface area contributed by atoms with Gasteiger partial charge in [-0.15, -0.1) is 11.3 Å². The van der Waals surface area contributed by atoms with Crippen molar-refractivity contribution in [2.45, 2.75) is 57.4 Å². The van der Waals surface area contributed by atoms with Gasteiger partial charge in [-0.25, -0.2) is 0 Å². The minimum absolute atomic E-state index is 0.737. The molecule has 0 radical (unpaired) electrons. The van der Waals surface area contributed by atoms with Gasteiger partial charge in [-0.3, -0.25) is 4.90 Å². The van der Waals surface area contributed by atoms with Crippen LogP contribution in [-0.4, -0.2) is 37.1 Å². The van der Waals surface area contributed by atoms with E-state index in [1.54, 1.807) is 0 Å². The van der Waals surface area contributed by atoms with Crippen molar-refractivity contribution in [1.82, 2.24) is 4.90 Å². The Kier molecular flexibility index (Phi) is 4.93. The molecule has 2 aromatic rings. The molecule has 0 amide bonds. The zero-order valence-electron chi connectivity index (χ0n) is 15.9. The van der Waals surface area contributed by atoms with Crippen LogP contribution in [0.15, 0.2) is 29.6 Å². The standard InChI is InChI=1S/C23H32N2S/c1-2-5-18(6-3-1)11-13-24-14-15-25(22(17-24)19-9-10-19)21-7-4-8-23-20(21)12-16-26-23/h4,7-8,12,16,18-19,22H,1-3,5-6,9-11,13-15,17H2. The van der Waals surface area contributed by atoms with Gasteiger partial charge in [0.1, 0.15) is 0 Å². The van der Waals surface area contributed by atoms with E-state index in [4.69, 9.17) is 0 Å². The molecule has 3 heteroatoms. The summed E-state index contributed by atoms with van der Waals surface area (Å²) in [6.45, 7) is 5.08. The van der Waals surface area contributed by atoms with Gasteiger partial charge in [0.25, 0.3) is 0 Å². The molecule has 1 aliphatic heterocycles. The summed E-state index contributed by atoms with van der Waals surface area (Å²) in [5, 5.41) is 3.72. The Hall–Kier alpha value is -1.06. The molecule has 0 N–H and O–H groups in total. The van der Waals surface area contributed by atoms with Gasteiger partial charge in [-0.1, -0.05) is 38.2 Å². The van der Waals surface area contributed by atoms with Crippen LogP contribution in [0.25, 0.3) is 10.1 Å². The third-order valence-electron chi connectivity index (χ3n) is 7.03. The topological polar surface area (TPSA) is 6.48 Å². The quantitative estimate of drug-likeness (QED) is 0.661. The van der Waals surface area contributed by atoms with Gasteiger partial charge >= 0.3 is 0 Å². The van der Waals surface area contributed by atoms with Crippen molar-refractivity contribution >= 4 is 27.1 Å². The van der Waals surface area contributed by atoms with Gasteiger partial charge < -0.3 is 4.90 Å². The van der Waals surface area contributed by atoms with Crippen LogP contribution in [-0.2, 0) is 0 Å². The molecule has 3 aliphatic rings. The molecular weight excluding hydrogens is 336 g/mol. The van der Waals surface area contributed by atoms with E-state index >= 15 is 0 Å². The van der Waals surface area contributed by atoms with E-state index in [2.05, 4.69) is 39.4 Å². The van der Waals surface area contributed by atoms with E-state index in [0.29, 0.717) is 0 Å². The van der Waals surface area contributed by atoms with E-state index in [1.165, 1.54) is 93.3 Å². The highest BCUT2D eigenvalue weighted by Crippen LogP contribution is 2.41. The maximum absolute atomic E-state index is 2.79. The Morgan fingerprint density at radius 3 is 2.69 bits per heavy atom. The van der Waals surface area contributed by atoms with Crippen molar-refractivity contribution in [3.8, 4) is 0 Å². The monoisotopic (exact) mass is 368 g/mol. The van der Waals surface area contributed by atoms with Gasteiger partial charge in [0, 0.05) is 41.4 Å². The lowest BCUT2D eigenvalue weighted by Gasteiger charge is -2.44. The smallest absolute Gasteiger partial charge is 0.0457 e. The number of thiophene rings is 1. The van der Waals surface area contributed by atoms with Crippen molar-refractivity contribution in [2.75, 3.05) is 31.1 Å². The molecule has 2 heterocycles.